The minimum atomic E-state index is 0.0593. The summed E-state index contributed by atoms with van der Waals surface area (Å²) in [5.74, 6) is 0.0593. The number of hydrogen-bond donors (Lipinski definition) is 2. The molecule has 0 aromatic carbocycles. The third kappa shape index (κ3) is 1.88. The third-order valence-electron chi connectivity index (χ3n) is 1.95. The fourth-order valence-corrected chi connectivity index (χ4v) is 1.29. The summed E-state index contributed by atoms with van der Waals surface area (Å²) in [6.07, 6.45) is 0.416. The number of fused-ring (bicyclic) bond motifs is 1. The summed E-state index contributed by atoms with van der Waals surface area (Å²) in [6, 6.07) is 0. The molecule has 1 aromatic rings. The van der Waals surface area contributed by atoms with Gasteiger partial charge in [-0.2, -0.15) is 5.10 Å². The van der Waals surface area contributed by atoms with Crippen molar-refractivity contribution < 1.29 is 4.79 Å². The van der Waals surface area contributed by atoms with Crippen molar-refractivity contribution in [3.8, 4) is 0 Å². The SMILES string of the molecule is CC.Cc1[nH]nc2c1CNC(=O)C2. The maximum Gasteiger partial charge on any atom is 0.226 e. The van der Waals surface area contributed by atoms with Crippen LogP contribution in [0.15, 0.2) is 0 Å². The molecule has 4 heteroatoms. The van der Waals surface area contributed by atoms with Crippen LogP contribution in [-0.2, 0) is 17.8 Å². The molecule has 0 spiro atoms. The molecular weight excluding hydrogens is 166 g/mol. The van der Waals surface area contributed by atoms with Crippen LogP contribution < -0.4 is 5.32 Å². The molecule has 0 saturated carbocycles. The molecule has 1 aromatic heterocycles. The standard InChI is InChI=1S/C7H9N3O.C2H6/c1-4-5-3-8-7(11)2-6(5)10-9-4;1-2/h2-3H2,1H3,(H,8,11)(H,9,10);1-2H3. The molecule has 0 bridgehead atoms. The minimum absolute atomic E-state index is 0.0593. The molecule has 2 rings (SSSR count). The maximum absolute atomic E-state index is 10.9. The van der Waals surface area contributed by atoms with Gasteiger partial charge < -0.3 is 5.32 Å². The molecule has 0 radical (unpaired) electrons. The van der Waals surface area contributed by atoms with E-state index in [9.17, 15) is 4.79 Å². The minimum Gasteiger partial charge on any atom is -0.352 e. The molecule has 1 aliphatic rings. The molecule has 4 nitrogen and oxygen atoms in total. The molecule has 2 N–H and O–H groups in total. The zero-order chi connectivity index (χ0) is 9.84. The maximum atomic E-state index is 10.9. The van der Waals surface area contributed by atoms with E-state index in [1.165, 1.54) is 0 Å². The van der Waals surface area contributed by atoms with E-state index in [1.807, 2.05) is 20.8 Å². The highest BCUT2D eigenvalue weighted by molar-refractivity contribution is 5.80. The molecule has 0 atom stereocenters. The van der Waals surface area contributed by atoms with E-state index in [-0.39, 0.29) is 5.91 Å². The topological polar surface area (TPSA) is 57.8 Å². The molecule has 0 saturated heterocycles. The van der Waals surface area contributed by atoms with Crippen molar-refractivity contribution in [1.29, 1.82) is 0 Å². The molecule has 72 valence electrons. The van der Waals surface area contributed by atoms with E-state index >= 15 is 0 Å². The van der Waals surface area contributed by atoms with E-state index in [2.05, 4.69) is 15.5 Å². The second-order valence-corrected chi connectivity index (χ2v) is 2.73. The largest absolute Gasteiger partial charge is 0.352 e. The van der Waals surface area contributed by atoms with Crippen LogP contribution in [0.4, 0.5) is 0 Å². The molecule has 0 unspecified atom stereocenters. The second-order valence-electron chi connectivity index (χ2n) is 2.73. The normalized spacial score (nSPS) is 13.9. The lowest BCUT2D eigenvalue weighted by Gasteiger charge is -2.10. The first-order valence-electron chi connectivity index (χ1n) is 4.57. The van der Waals surface area contributed by atoms with Crippen LogP contribution in [0.5, 0.6) is 0 Å². The van der Waals surface area contributed by atoms with Gasteiger partial charge in [-0.05, 0) is 6.92 Å². The lowest BCUT2D eigenvalue weighted by molar-refractivity contribution is -0.121. The van der Waals surface area contributed by atoms with Gasteiger partial charge in [0.05, 0.1) is 12.1 Å². The first kappa shape index (κ1) is 9.77. The Hall–Kier alpha value is -1.32. The van der Waals surface area contributed by atoms with E-state index in [4.69, 9.17) is 0 Å². The van der Waals surface area contributed by atoms with Crippen molar-refractivity contribution in [2.45, 2.75) is 33.7 Å². The summed E-state index contributed by atoms with van der Waals surface area (Å²) >= 11 is 0. The van der Waals surface area contributed by atoms with Crippen LogP contribution in [0.25, 0.3) is 0 Å². The lowest BCUT2D eigenvalue weighted by Crippen LogP contribution is -2.30. The highest BCUT2D eigenvalue weighted by Gasteiger charge is 2.18. The fraction of sp³-hybridized carbons (Fsp3) is 0.556. The number of nitrogens with zero attached hydrogens (tertiary/aromatic N) is 1. The fourth-order valence-electron chi connectivity index (χ4n) is 1.29. The van der Waals surface area contributed by atoms with Crippen molar-refractivity contribution >= 4 is 5.91 Å². The van der Waals surface area contributed by atoms with Gasteiger partial charge in [-0.3, -0.25) is 9.89 Å². The van der Waals surface area contributed by atoms with Gasteiger partial charge in [-0.15, -0.1) is 0 Å². The van der Waals surface area contributed by atoms with E-state index < -0.39 is 0 Å². The highest BCUT2D eigenvalue weighted by Crippen LogP contribution is 2.13. The Morgan fingerprint density at radius 2 is 2.08 bits per heavy atom. The van der Waals surface area contributed by atoms with Crippen LogP contribution in [0.3, 0.4) is 0 Å². The Morgan fingerprint density at radius 1 is 1.38 bits per heavy atom. The monoisotopic (exact) mass is 181 g/mol. The Bertz CT molecular complexity index is 304. The number of H-pyrrole nitrogens is 1. The van der Waals surface area contributed by atoms with E-state index in [1.54, 1.807) is 0 Å². The smallest absolute Gasteiger partial charge is 0.226 e. The number of nitrogens with one attached hydrogen (secondary N) is 2. The molecule has 2 heterocycles. The average molecular weight is 181 g/mol. The summed E-state index contributed by atoms with van der Waals surface area (Å²) in [4.78, 5) is 10.9. The van der Waals surface area contributed by atoms with Crippen LogP contribution in [0.1, 0.15) is 30.8 Å². The number of amides is 1. The van der Waals surface area contributed by atoms with Gasteiger partial charge in [0.15, 0.2) is 0 Å². The number of aromatic amines is 1. The molecular formula is C9H15N3O. The zero-order valence-electron chi connectivity index (χ0n) is 8.27. The Kier molecular flexibility index (Phi) is 3.06. The number of hydrogen-bond acceptors (Lipinski definition) is 2. The molecule has 1 aliphatic heterocycles. The first-order chi connectivity index (χ1) is 6.27. The van der Waals surface area contributed by atoms with Gasteiger partial charge in [0.25, 0.3) is 0 Å². The van der Waals surface area contributed by atoms with Crippen molar-refractivity contribution in [1.82, 2.24) is 15.5 Å². The second kappa shape index (κ2) is 4.07. The quantitative estimate of drug-likeness (QED) is 0.625. The van der Waals surface area contributed by atoms with Crippen LogP contribution in [0, 0.1) is 6.92 Å². The van der Waals surface area contributed by atoms with Crippen LogP contribution >= 0.6 is 0 Å². The number of aromatic nitrogens is 2. The van der Waals surface area contributed by atoms with Gasteiger partial charge in [0.1, 0.15) is 0 Å². The molecule has 0 aliphatic carbocycles. The van der Waals surface area contributed by atoms with Crippen molar-refractivity contribution in [3.05, 3.63) is 17.0 Å². The third-order valence-corrected chi connectivity index (χ3v) is 1.95. The number of carbonyl (C=O) groups excluding carboxylic acids is 1. The van der Waals surface area contributed by atoms with Gasteiger partial charge in [0.2, 0.25) is 5.91 Å². The molecule has 13 heavy (non-hydrogen) atoms. The van der Waals surface area contributed by atoms with Gasteiger partial charge in [0, 0.05) is 17.8 Å². The number of rotatable bonds is 0. The number of aryl methyl sites for hydroxylation is 1. The van der Waals surface area contributed by atoms with E-state index in [0.717, 1.165) is 17.0 Å². The van der Waals surface area contributed by atoms with Crippen molar-refractivity contribution in [3.63, 3.8) is 0 Å². The predicted octanol–water partition coefficient (Wildman–Crippen LogP) is 0.917. The van der Waals surface area contributed by atoms with Crippen LogP contribution in [-0.4, -0.2) is 16.1 Å². The Morgan fingerprint density at radius 3 is 2.77 bits per heavy atom. The summed E-state index contributed by atoms with van der Waals surface area (Å²) in [5.41, 5.74) is 3.09. The zero-order valence-corrected chi connectivity index (χ0v) is 8.27. The van der Waals surface area contributed by atoms with E-state index in [0.29, 0.717) is 13.0 Å². The first-order valence-corrected chi connectivity index (χ1v) is 4.57. The average Bonchev–Trinajstić information content (AvgIpc) is 2.51. The Balaban J connectivity index is 0.000000396. The van der Waals surface area contributed by atoms with Gasteiger partial charge in [-0.1, -0.05) is 13.8 Å². The van der Waals surface area contributed by atoms with Crippen molar-refractivity contribution in [2.75, 3.05) is 0 Å². The van der Waals surface area contributed by atoms with Crippen molar-refractivity contribution in [2.24, 2.45) is 0 Å². The molecule has 1 amide bonds. The number of carbonyl (C=O) groups is 1. The summed E-state index contributed by atoms with van der Waals surface area (Å²) in [7, 11) is 0. The van der Waals surface area contributed by atoms with Crippen LogP contribution in [0.2, 0.25) is 0 Å². The Labute approximate surface area is 77.7 Å². The summed E-state index contributed by atoms with van der Waals surface area (Å²) < 4.78 is 0. The molecule has 0 fully saturated rings. The summed E-state index contributed by atoms with van der Waals surface area (Å²) in [5, 5.41) is 9.64. The lowest BCUT2D eigenvalue weighted by atomic mass is 10.1. The summed E-state index contributed by atoms with van der Waals surface area (Å²) in [6.45, 7) is 6.58. The van der Waals surface area contributed by atoms with Gasteiger partial charge in [-0.25, -0.2) is 0 Å². The van der Waals surface area contributed by atoms with Gasteiger partial charge >= 0.3 is 0 Å². The predicted molar refractivity (Wildman–Crippen MR) is 50.2 cm³/mol. The highest BCUT2D eigenvalue weighted by atomic mass is 16.1.